The van der Waals surface area contributed by atoms with Gasteiger partial charge in [-0.05, 0) is 18.2 Å². The van der Waals surface area contributed by atoms with Crippen molar-refractivity contribution in [1.29, 1.82) is 0 Å². The standard InChI is InChI=1S/C18H14ClF2N3O3/c1-27-15-4-2-3-10(17(15)25)8-22-13-9-23-24(18(26)16(13)19)14-6-5-11(20)7-12(14)21/h2-7,9,22,25H,8H2,1H3. The molecule has 0 fully saturated rings. The summed E-state index contributed by atoms with van der Waals surface area (Å²) in [5.74, 6) is -1.45. The van der Waals surface area contributed by atoms with Gasteiger partial charge in [0.1, 0.15) is 16.5 Å². The number of ether oxygens (including phenoxy) is 1. The summed E-state index contributed by atoms with van der Waals surface area (Å²) in [6.45, 7) is 0.138. The summed E-state index contributed by atoms with van der Waals surface area (Å²) >= 11 is 6.08. The summed E-state index contributed by atoms with van der Waals surface area (Å²) in [7, 11) is 1.43. The van der Waals surface area contributed by atoms with Crippen LogP contribution in [0.3, 0.4) is 0 Å². The smallest absolute Gasteiger partial charge is 0.292 e. The number of halogens is 3. The number of nitrogens with zero attached hydrogens (tertiary/aromatic N) is 2. The first-order valence-electron chi connectivity index (χ1n) is 7.74. The summed E-state index contributed by atoms with van der Waals surface area (Å²) in [5, 5.41) is 16.6. The third kappa shape index (κ3) is 3.70. The second-order valence-electron chi connectivity index (χ2n) is 5.51. The van der Waals surface area contributed by atoms with Gasteiger partial charge < -0.3 is 15.2 Å². The number of methoxy groups -OCH3 is 1. The van der Waals surface area contributed by atoms with Crippen molar-refractivity contribution in [2.24, 2.45) is 0 Å². The largest absolute Gasteiger partial charge is 0.504 e. The molecule has 0 atom stereocenters. The predicted molar refractivity (Wildman–Crippen MR) is 96.7 cm³/mol. The molecule has 0 saturated heterocycles. The van der Waals surface area contributed by atoms with Crippen molar-refractivity contribution in [1.82, 2.24) is 9.78 Å². The highest BCUT2D eigenvalue weighted by Crippen LogP contribution is 2.30. The van der Waals surface area contributed by atoms with E-state index in [2.05, 4.69) is 10.4 Å². The van der Waals surface area contributed by atoms with Gasteiger partial charge in [-0.25, -0.2) is 8.78 Å². The van der Waals surface area contributed by atoms with Crippen LogP contribution in [0.4, 0.5) is 14.5 Å². The van der Waals surface area contributed by atoms with Crippen molar-refractivity contribution in [3.05, 3.63) is 75.2 Å². The maximum atomic E-state index is 13.9. The van der Waals surface area contributed by atoms with Crippen LogP contribution in [0.1, 0.15) is 5.56 Å². The van der Waals surface area contributed by atoms with Crippen LogP contribution in [-0.4, -0.2) is 22.0 Å². The maximum absolute atomic E-state index is 13.9. The number of benzene rings is 2. The molecule has 9 heteroatoms. The Morgan fingerprint density at radius 2 is 2.07 bits per heavy atom. The molecule has 1 heterocycles. The van der Waals surface area contributed by atoms with Crippen LogP contribution in [0, 0.1) is 11.6 Å². The molecule has 0 spiro atoms. The zero-order chi connectivity index (χ0) is 19.6. The molecule has 0 bridgehead atoms. The fourth-order valence-corrected chi connectivity index (χ4v) is 2.64. The molecule has 1 aromatic heterocycles. The summed E-state index contributed by atoms with van der Waals surface area (Å²) in [6, 6.07) is 7.72. The zero-order valence-electron chi connectivity index (χ0n) is 14.0. The predicted octanol–water partition coefficient (Wildman–Crippen LogP) is 3.49. The van der Waals surface area contributed by atoms with Crippen molar-refractivity contribution in [2.45, 2.75) is 6.54 Å². The third-order valence-corrected chi connectivity index (χ3v) is 4.19. The van der Waals surface area contributed by atoms with Crippen LogP contribution in [0.2, 0.25) is 5.02 Å². The Kier molecular flexibility index (Phi) is 5.27. The third-order valence-electron chi connectivity index (χ3n) is 3.83. The SMILES string of the molecule is COc1cccc(CNc2cnn(-c3ccc(F)cc3F)c(=O)c2Cl)c1O. The molecule has 0 unspecified atom stereocenters. The van der Waals surface area contributed by atoms with Crippen molar-refractivity contribution < 1.29 is 18.6 Å². The van der Waals surface area contributed by atoms with Gasteiger partial charge in [-0.3, -0.25) is 4.79 Å². The van der Waals surface area contributed by atoms with Crippen LogP contribution in [0.15, 0.2) is 47.4 Å². The lowest BCUT2D eigenvalue weighted by molar-refractivity contribution is 0.371. The minimum Gasteiger partial charge on any atom is -0.504 e. The molecular weight excluding hydrogens is 380 g/mol. The molecule has 6 nitrogen and oxygen atoms in total. The van der Waals surface area contributed by atoms with Crippen LogP contribution in [0.25, 0.3) is 5.69 Å². The van der Waals surface area contributed by atoms with Gasteiger partial charge >= 0.3 is 0 Å². The van der Waals surface area contributed by atoms with Gasteiger partial charge in [0.05, 0.1) is 19.0 Å². The zero-order valence-corrected chi connectivity index (χ0v) is 14.8. The number of aromatic hydroxyl groups is 1. The fourth-order valence-electron chi connectivity index (χ4n) is 2.45. The van der Waals surface area contributed by atoms with E-state index in [9.17, 15) is 18.7 Å². The van der Waals surface area contributed by atoms with Crippen molar-refractivity contribution in [3.8, 4) is 17.2 Å². The normalized spacial score (nSPS) is 10.7. The second-order valence-corrected chi connectivity index (χ2v) is 5.88. The van der Waals surface area contributed by atoms with Gasteiger partial charge in [0.25, 0.3) is 5.56 Å². The van der Waals surface area contributed by atoms with E-state index in [0.717, 1.165) is 16.8 Å². The molecule has 0 amide bonds. The monoisotopic (exact) mass is 393 g/mol. The van der Waals surface area contributed by atoms with Crippen molar-refractivity contribution in [3.63, 3.8) is 0 Å². The summed E-state index contributed by atoms with van der Waals surface area (Å²) in [5.41, 5.74) is -0.288. The van der Waals surface area contributed by atoms with E-state index in [-0.39, 0.29) is 28.7 Å². The minimum atomic E-state index is -0.942. The van der Waals surface area contributed by atoms with Crippen LogP contribution < -0.4 is 15.6 Å². The lowest BCUT2D eigenvalue weighted by Crippen LogP contribution is -2.23. The summed E-state index contributed by atoms with van der Waals surface area (Å²) in [4.78, 5) is 12.4. The maximum Gasteiger partial charge on any atom is 0.292 e. The molecule has 0 saturated carbocycles. The minimum absolute atomic E-state index is 0.0432. The highest BCUT2D eigenvalue weighted by molar-refractivity contribution is 6.32. The Morgan fingerprint density at radius 1 is 1.30 bits per heavy atom. The fraction of sp³-hybridized carbons (Fsp3) is 0.111. The van der Waals surface area contributed by atoms with E-state index in [1.165, 1.54) is 13.3 Å². The Bertz CT molecular complexity index is 1060. The number of phenolic OH excluding ortho intramolecular Hbond substituents is 1. The number of rotatable bonds is 5. The molecule has 0 aliphatic carbocycles. The van der Waals surface area contributed by atoms with Gasteiger partial charge in [0.15, 0.2) is 17.3 Å². The number of hydrogen-bond donors (Lipinski definition) is 2. The van der Waals surface area contributed by atoms with E-state index in [0.29, 0.717) is 17.4 Å². The Hall–Kier alpha value is -3.13. The molecular formula is C18H14ClF2N3O3. The molecule has 140 valence electrons. The first-order chi connectivity index (χ1) is 12.9. The average molecular weight is 394 g/mol. The topological polar surface area (TPSA) is 76.4 Å². The highest BCUT2D eigenvalue weighted by atomic mass is 35.5. The quantitative estimate of drug-likeness (QED) is 0.694. The van der Waals surface area contributed by atoms with Crippen LogP contribution in [0.5, 0.6) is 11.5 Å². The first-order valence-corrected chi connectivity index (χ1v) is 8.12. The number of para-hydroxylation sites is 1. The van der Waals surface area contributed by atoms with Gasteiger partial charge in [-0.15, -0.1) is 0 Å². The molecule has 2 N–H and O–H groups in total. The number of nitrogens with one attached hydrogen (secondary N) is 1. The molecule has 0 aliphatic rings. The Morgan fingerprint density at radius 3 is 2.78 bits per heavy atom. The number of aromatic nitrogens is 2. The van der Waals surface area contributed by atoms with Gasteiger partial charge in [0, 0.05) is 18.2 Å². The van der Waals surface area contributed by atoms with E-state index in [1.54, 1.807) is 18.2 Å². The lowest BCUT2D eigenvalue weighted by atomic mass is 10.2. The molecule has 2 aromatic carbocycles. The second kappa shape index (κ2) is 7.63. The number of anilines is 1. The molecule has 3 rings (SSSR count). The van der Waals surface area contributed by atoms with Crippen molar-refractivity contribution >= 4 is 17.3 Å². The van der Waals surface area contributed by atoms with Crippen molar-refractivity contribution in [2.75, 3.05) is 12.4 Å². The molecule has 0 aliphatic heterocycles. The number of phenols is 1. The van der Waals surface area contributed by atoms with E-state index >= 15 is 0 Å². The Labute approximate surface area is 157 Å². The molecule has 0 radical (unpaired) electrons. The molecule has 27 heavy (non-hydrogen) atoms. The Balaban J connectivity index is 1.89. The first kappa shape index (κ1) is 18.7. The van der Waals surface area contributed by atoms with Gasteiger partial charge in [-0.1, -0.05) is 23.7 Å². The highest BCUT2D eigenvalue weighted by Gasteiger charge is 2.15. The van der Waals surface area contributed by atoms with Gasteiger partial charge in [-0.2, -0.15) is 9.78 Å². The number of hydrogen-bond acceptors (Lipinski definition) is 5. The van der Waals surface area contributed by atoms with Crippen LogP contribution in [-0.2, 0) is 6.54 Å². The van der Waals surface area contributed by atoms with E-state index < -0.39 is 17.2 Å². The summed E-state index contributed by atoms with van der Waals surface area (Å²) in [6.07, 6.45) is 1.24. The average Bonchev–Trinajstić information content (AvgIpc) is 2.65. The van der Waals surface area contributed by atoms with E-state index in [1.807, 2.05) is 0 Å². The van der Waals surface area contributed by atoms with Gasteiger partial charge in [0.2, 0.25) is 0 Å². The molecule has 3 aromatic rings. The summed E-state index contributed by atoms with van der Waals surface area (Å²) < 4.78 is 32.7. The van der Waals surface area contributed by atoms with Crippen LogP contribution >= 0.6 is 11.6 Å². The van der Waals surface area contributed by atoms with E-state index in [4.69, 9.17) is 16.3 Å². The lowest BCUT2D eigenvalue weighted by Gasteiger charge is -2.12.